The molecule has 1 saturated heterocycles. The topological polar surface area (TPSA) is 148 Å². The van der Waals surface area contributed by atoms with E-state index >= 15 is 0 Å². The van der Waals surface area contributed by atoms with Crippen LogP contribution >= 0.6 is 0 Å². The van der Waals surface area contributed by atoms with Gasteiger partial charge < -0.3 is 36.8 Å². The first-order chi connectivity index (χ1) is 24.2. The number of hydrogen-bond acceptors (Lipinski definition) is 7. The maximum atomic E-state index is 12.2. The Bertz CT molecular complexity index is 975. The van der Waals surface area contributed by atoms with E-state index in [1.807, 2.05) is 0 Å². The quantitative estimate of drug-likeness (QED) is 0.0434. The van der Waals surface area contributed by atoms with Crippen molar-refractivity contribution in [2.75, 3.05) is 19.6 Å². The van der Waals surface area contributed by atoms with Gasteiger partial charge in [0.25, 0.3) is 0 Å². The third-order valence-corrected chi connectivity index (χ3v) is 13.3. The first kappa shape index (κ1) is 41.7. The number of aliphatic carboxylic acids is 1. The molecule has 290 valence electrons. The fraction of sp³-hybridized carbons (Fsp3) is 0.929. The molecule has 0 spiro atoms. The number of hydrogen-bond donors (Lipinski definition) is 7. The first-order valence-electron chi connectivity index (χ1n) is 21.3. The van der Waals surface area contributed by atoms with Crippen molar-refractivity contribution >= 4 is 5.97 Å². The largest absolute Gasteiger partial charge is 0.481 e. The van der Waals surface area contributed by atoms with Crippen molar-refractivity contribution in [3.63, 3.8) is 0 Å². The van der Waals surface area contributed by atoms with Crippen LogP contribution in [0.15, 0.2) is 12.2 Å². The number of carboxylic acid groups (broad SMARTS) is 1. The van der Waals surface area contributed by atoms with Crippen molar-refractivity contribution in [1.82, 2.24) is 10.6 Å². The third kappa shape index (κ3) is 14.4. The molecule has 8 nitrogen and oxygen atoms in total. The summed E-state index contributed by atoms with van der Waals surface area (Å²) in [4.78, 5) is 12.2. The minimum atomic E-state index is -0.956. The van der Waals surface area contributed by atoms with E-state index in [1.165, 1.54) is 64.2 Å². The van der Waals surface area contributed by atoms with Crippen LogP contribution in [0.5, 0.6) is 0 Å². The number of aliphatic hydroxyl groups excluding tert-OH is 2. The van der Waals surface area contributed by atoms with Crippen molar-refractivity contribution in [2.45, 2.75) is 185 Å². The van der Waals surface area contributed by atoms with E-state index in [1.54, 1.807) is 0 Å². The van der Waals surface area contributed by atoms with E-state index in [0.717, 1.165) is 96.2 Å². The number of nitrogens with one attached hydrogen (secondary N) is 2. The molecule has 0 bridgehead atoms. The van der Waals surface area contributed by atoms with Gasteiger partial charge in [-0.25, -0.2) is 0 Å². The molecular weight excluding hydrogens is 626 g/mol. The van der Waals surface area contributed by atoms with Gasteiger partial charge in [-0.15, -0.1) is 0 Å². The summed E-state index contributed by atoms with van der Waals surface area (Å²) in [7, 11) is 0. The van der Waals surface area contributed by atoms with Gasteiger partial charge in [-0.1, -0.05) is 89.7 Å². The van der Waals surface area contributed by atoms with Gasteiger partial charge in [0.05, 0.1) is 29.9 Å². The van der Waals surface area contributed by atoms with Gasteiger partial charge in [0.15, 0.2) is 0 Å². The molecule has 0 amide bonds. The number of piperidine rings is 1. The van der Waals surface area contributed by atoms with Crippen molar-refractivity contribution in [3.8, 4) is 0 Å². The Morgan fingerprint density at radius 1 is 0.920 bits per heavy atom. The second-order valence-corrected chi connectivity index (χ2v) is 17.5. The van der Waals surface area contributed by atoms with E-state index in [2.05, 4.69) is 29.7 Å². The lowest BCUT2D eigenvalue weighted by atomic mass is 9.81. The predicted molar refractivity (Wildman–Crippen MR) is 203 cm³/mol. The summed E-state index contributed by atoms with van der Waals surface area (Å²) >= 11 is 0. The molecule has 2 unspecified atom stereocenters. The van der Waals surface area contributed by atoms with Crippen LogP contribution in [0.4, 0.5) is 0 Å². The normalized spacial score (nSPS) is 33.4. The van der Waals surface area contributed by atoms with Crippen molar-refractivity contribution < 1.29 is 25.2 Å². The van der Waals surface area contributed by atoms with Gasteiger partial charge in [-0.3, -0.25) is 4.79 Å². The second-order valence-electron chi connectivity index (χ2n) is 17.5. The average molecular weight is 704 g/mol. The number of nitrogens with two attached hydrogens (primary N) is 1. The molecule has 0 radical (unpaired) electrons. The zero-order valence-electron chi connectivity index (χ0n) is 31.8. The number of aliphatic hydroxyl groups is 3. The van der Waals surface area contributed by atoms with Crippen molar-refractivity contribution in [3.05, 3.63) is 12.2 Å². The molecule has 3 aliphatic carbocycles. The Labute approximate surface area is 305 Å². The highest BCUT2D eigenvalue weighted by Crippen LogP contribution is 2.46. The Hall–Kier alpha value is -1.03. The molecular formula is C42H77N3O5. The van der Waals surface area contributed by atoms with E-state index in [0.29, 0.717) is 42.9 Å². The fourth-order valence-corrected chi connectivity index (χ4v) is 10.2. The van der Waals surface area contributed by atoms with Crippen LogP contribution < -0.4 is 16.4 Å². The molecule has 0 aromatic heterocycles. The van der Waals surface area contributed by atoms with Crippen LogP contribution in [0, 0.1) is 41.4 Å². The summed E-state index contributed by atoms with van der Waals surface area (Å²) in [6.07, 6.45) is 28.0. The molecule has 8 heteroatoms. The smallest absolute Gasteiger partial charge is 0.309 e. The number of allylic oxidation sites excluding steroid dienone is 1. The second kappa shape index (κ2) is 22.2. The average Bonchev–Trinajstić information content (AvgIpc) is 3.40. The highest BCUT2D eigenvalue weighted by molar-refractivity contribution is 5.70. The lowest BCUT2D eigenvalue weighted by molar-refractivity contribution is -0.146. The SMILES string of the molecule is CCCCC[C@H]1C=C[C@@H](CCCCC[C@H](C(=O)O)[C@H](O)CC[C@@]2(O)C[C@@H](CNCCCC3CCCCC3)[C@H](CC3CCNC(N)C3)C2)[C@H](O)C1. The summed E-state index contributed by atoms with van der Waals surface area (Å²) < 4.78 is 0. The standard InChI is InChI=1S/C42H77N3O5/c1-2-3-6-14-32-18-19-34(39(47)26-32)16-9-5-10-17-37(41(48)49)38(46)20-22-42(50)28-35(25-33-21-24-45-40(43)27-33)36(29-42)30-44-23-11-15-31-12-7-4-8-13-31/h18-19,31-40,44-47,50H,2-17,20-30,43H2,1H3,(H,48,49)/t32-,33?,34+,35+,36-,37-,38+,39+,40?,42-/m0/s1. The van der Waals surface area contributed by atoms with Gasteiger partial charge >= 0.3 is 5.97 Å². The van der Waals surface area contributed by atoms with E-state index in [-0.39, 0.29) is 18.2 Å². The van der Waals surface area contributed by atoms with Gasteiger partial charge in [0, 0.05) is 5.92 Å². The summed E-state index contributed by atoms with van der Waals surface area (Å²) in [6.45, 7) is 5.13. The molecule has 8 N–H and O–H groups in total. The van der Waals surface area contributed by atoms with Crippen LogP contribution in [0.1, 0.15) is 161 Å². The summed E-state index contributed by atoms with van der Waals surface area (Å²) in [6, 6.07) is 0. The first-order valence-corrected chi connectivity index (χ1v) is 21.3. The zero-order chi connectivity index (χ0) is 35.8. The highest BCUT2D eigenvalue weighted by atomic mass is 16.4. The predicted octanol–water partition coefficient (Wildman–Crippen LogP) is 7.29. The lowest BCUT2D eigenvalue weighted by Crippen LogP contribution is -2.44. The molecule has 10 atom stereocenters. The summed E-state index contributed by atoms with van der Waals surface area (Å²) in [5.74, 6) is 1.22. The number of carboxylic acids is 1. The Morgan fingerprint density at radius 2 is 1.70 bits per heavy atom. The van der Waals surface area contributed by atoms with Gasteiger partial charge in [-0.2, -0.15) is 0 Å². The molecule has 0 aromatic carbocycles. The van der Waals surface area contributed by atoms with Crippen LogP contribution in [0.3, 0.4) is 0 Å². The van der Waals surface area contributed by atoms with Gasteiger partial charge in [0.2, 0.25) is 0 Å². The molecule has 1 heterocycles. The molecule has 4 aliphatic rings. The summed E-state index contributed by atoms with van der Waals surface area (Å²) in [5.41, 5.74) is 5.39. The van der Waals surface area contributed by atoms with Gasteiger partial charge in [-0.05, 0) is 133 Å². The molecule has 4 rings (SSSR count). The molecule has 50 heavy (non-hydrogen) atoms. The van der Waals surface area contributed by atoms with Crippen LogP contribution in [-0.4, -0.2) is 70.0 Å². The Kier molecular flexibility index (Phi) is 18.6. The van der Waals surface area contributed by atoms with E-state index in [4.69, 9.17) is 5.73 Å². The van der Waals surface area contributed by atoms with Crippen LogP contribution in [0.2, 0.25) is 0 Å². The fourth-order valence-electron chi connectivity index (χ4n) is 10.2. The number of unbranched alkanes of at least 4 members (excludes halogenated alkanes) is 4. The van der Waals surface area contributed by atoms with E-state index in [9.17, 15) is 25.2 Å². The van der Waals surface area contributed by atoms with Crippen molar-refractivity contribution in [2.24, 2.45) is 47.2 Å². The summed E-state index contributed by atoms with van der Waals surface area (Å²) in [5, 5.41) is 50.8. The zero-order valence-corrected chi connectivity index (χ0v) is 31.8. The minimum absolute atomic E-state index is 0.0528. The number of carbonyl (C=O) groups is 1. The minimum Gasteiger partial charge on any atom is -0.481 e. The highest BCUT2D eigenvalue weighted by Gasteiger charge is 2.45. The van der Waals surface area contributed by atoms with Crippen LogP contribution in [-0.2, 0) is 4.79 Å². The van der Waals surface area contributed by atoms with Crippen molar-refractivity contribution in [1.29, 1.82) is 0 Å². The lowest BCUT2D eigenvalue weighted by Gasteiger charge is -2.31. The maximum Gasteiger partial charge on any atom is 0.309 e. The Morgan fingerprint density at radius 3 is 2.44 bits per heavy atom. The third-order valence-electron chi connectivity index (χ3n) is 13.3. The monoisotopic (exact) mass is 704 g/mol. The maximum absolute atomic E-state index is 12.2. The van der Waals surface area contributed by atoms with Crippen LogP contribution in [0.25, 0.3) is 0 Å². The van der Waals surface area contributed by atoms with Gasteiger partial charge in [0.1, 0.15) is 0 Å². The molecule has 1 aliphatic heterocycles. The molecule has 2 saturated carbocycles. The molecule has 0 aromatic rings. The number of rotatable bonds is 23. The molecule has 3 fully saturated rings. The van der Waals surface area contributed by atoms with E-state index < -0.39 is 23.6 Å². The Balaban J connectivity index is 1.19.